The minimum atomic E-state index is -0.179. The summed E-state index contributed by atoms with van der Waals surface area (Å²) < 4.78 is 0. The van der Waals surface area contributed by atoms with Crippen molar-refractivity contribution in [3.05, 3.63) is 22.4 Å². The molecule has 0 atom stereocenters. The highest BCUT2D eigenvalue weighted by Gasteiger charge is 2.15. The molecule has 1 nitrogen and oxygen atoms in total. The number of aryl methyl sites for hydroxylation is 1. The highest BCUT2D eigenvalue weighted by atomic mass is 32.1. The summed E-state index contributed by atoms with van der Waals surface area (Å²) in [7, 11) is 0. The number of nitriles is 1. The van der Waals surface area contributed by atoms with Crippen LogP contribution in [0, 0.1) is 16.7 Å². The quantitative estimate of drug-likeness (QED) is 0.698. The van der Waals surface area contributed by atoms with Crippen molar-refractivity contribution in [1.29, 1.82) is 5.26 Å². The van der Waals surface area contributed by atoms with E-state index in [1.807, 2.05) is 13.8 Å². The van der Waals surface area contributed by atoms with Gasteiger partial charge < -0.3 is 0 Å². The third kappa shape index (κ3) is 2.67. The van der Waals surface area contributed by atoms with Crippen LogP contribution in [-0.4, -0.2) is 0 Å². The first-order valence-electron chi connectivity index (χ1n) is 4.06. The molecule has 0 radical (unpaired) electrons. The van der Waals surface area contributed by atoms with Gasteiger partial charge in [0, 0.05) is 0 Å². The summed E-state index contributed by atoms with van der Waals surface area (Å²) in [4.78, 5) is 0. The molecule has 0 saturated carbocycles. The van der Waals surface area contributed by atoms with Crippen molar-refractivity contribution < 1.29 is 0 Å². The van der Waals surface area contributed by atoms with Crippen molar-refractivity contribution in [2.75, 3.05) is 0 Å². The van der Waals surface area contributed by atoms with E-state index in [-0.39, 0.29) is 5.41 Å². The Morgan fingerprint density at radius 2 is 2.33 bits per heavy atom. The molecule has 0 bridgehead atoms. The highest BCUT2D eigenvalue weighted by Crippen LogP contribution is 2.22. The summed E-state index contributed by atoms with van der Waals surface area (Å²) in [6.07, 6.45) is 1.96. The Morgan fingerprint density at radius 1 is 1.58 bits per heavy atom. The van der Waals surface area contributed by atoms with Crippen LogP contribution in [0.3, 0.4) is 0 Å². The Labute approximate surface area is 77.7 Å². The molecule has 1 aromatic heterocycles. The lowest BCUT2D eigenvalue weighted by Gasteiger charge is -2.13. The smallest absolute Gasteiger partial charge is 0.0684 e. The molecule has 2 heteroatoms. The molecule has 1 rings (SSSR count). The van der Waals surface area contributed by atoms with Crippen LogP contribution in [0.1, 0.15) is 25.8 Å². The first kappa shape index (κ1) is 9.28. The number of hydrogen-bond acceptors (Lipinski definition) is 2. The number of nitrogens with zero attached hydrogens (tertiary/aromatic N) is 1. The van der Waals surface area contributed by atoms with Crippen molar-refractivity contribution in [1.82, 2.24) is 0 Å². The maximum atomic E-state index is 8.78. The van der Waals surface area contributed by atoms with E-state index in [1.165, 1.54) is 5.56 Å². The monoisotopic (exact) mass is 179 g/mol. The summed E-state index contributed by atoms with van der Waals surface area (Å²) in [5.74, 6) is 0. The molecule has 1 aromatic rings. The topological polar surface area (TPSA) is 23.8 Å². The van der Waals surface area contributed by atoms with E-state index in [9.17, 15) is 0 Å². The largest absolute Gasteiger partial charge is 0.198 e. The maximum Gasteiger partial charge on any atom is 0.0684 e. The fourth-order valence-electron chi connectivity index (χ4n) is 0.948. The fraction of sp³-hybridized carbons (Fsp3) is 0.500. The molecule has 0 fully saturated rings. The molecule has 64 valence electrons. The van der Waals surface area contributed by atoms with Crippen LogP contribution in [0.4, 0.5) is 0 Å². The zero-order valence-electron chi connectivity index (χ0n) is 7.50. The SMILES string of the molecule is CC(C)(C#N)CCc1ccsc1. The van der Waals surface area contributed by atoms with Crippen LogP contribution < -0.4 is 0 Å². The second-order valence-corrected chi connectivity index (χ2v) is 4.41. The van der Waals surface area contributed by atoms with E-state index in [0.717, 1.165) is 12.8 Å². The van der Waals surface area contributed by atoms with E-state index in [4.69, 9.17) is 5.26 Å². The predicted molar refractivity (Wildman–Crippen MR) is 52.0 cm³/mol. The fourth-order valence-corrected chi connectivity index (χ4v) is 1.65. The van der Waals surface area contributed by atoms with Crippen LogP contribution in [0.2, 0.25) is 0 Å². The minimum absolute atomic E-state index is 0.179. The Hall–Kier alpha value is -0.810. The van der Waals surface area contributed by atoms with Gasteiger partial charge in [-0.2, -0.15) is 16.6 Å². The van der Waals surface area contributed by atoms with E-state index < -0.39 is 0 Å². The van der Waals surface area contributed by atoms with Gasteiger partial charge in [-0.1, -0.05) is 0 Å². The molecule has 0 aromatic carbocycles. The molecule has 0 aliphatic rings. The van der Waals surface area contributed by atoms with Crippen molar-refractivity contribution in [3.63, 3.8) is 0 Å². The van der Waals surface area contributed by atoms with Crippen molar-refractivity contribution in [2.24, 2.45) is 5.41 Å². The van der Waals surface area contributed by atoms with Gasteiger partial charge in [0.15, 0.2) is 0 Å². The molecule has 0 spiro atoms. The van der Waals surface area contributed by atoms with Gasteiger partial charge in [0.2, 0.25) is 0 Å². The first-order valence-corrected chi connectivity index (χ1v) is 5.01. The second-order valence-electron chi connectivity index (χ2n) is 3.63. The summed E-state index contributed by atoms with van der Waals surface area (Å²) in [5.41, 5.74) is 1.17. The average molecular weight is 179 g/mol. The van der Waals surface area contributed by atoms with Crippen LogP contribution in [0.25, 0.3) is 0 Å². The molecule has 12 heavy (non-hydrogen) atoms. The second kappa shape index (κ2) is 3.73. The van der Waals surface area contributed by atoms with Crippen molar-refractivity contribution in [3.8, 4) is 6.07 Å². The Balaban J connectivity index is 2.42. The molecule has 0 N–H and O–H groups in total. The number of thiophene rings is 1. The summed E-state index contributed by atoms with van der Waals surface area (Å²) in [6.45, 7) is 3.97. The lowest BCUT2D eigenvalue weighted by Crippen LogP contribution is -2.08. The molecule has 0 unspecified atom stereocenters. The van der Waals surface area contributed by atoms with Crippen molar-refractivity contribution >= 4 is 11.3 Å². The van der Waals surface area contributed by atoms with Gasteiger partial charge in [-0.3, -0.25) is 0 Å². The molecular weight excluding hydrogens is 166 g/mol. The number of rotatable bonds is 3. The third-order valence-electron chi connectivity index (χ3n) is 1.92. The highest BCUT2D eigenvalue weighted by molar-refractivity contribution is 7.07. The molecular formula is C10H13NS. The Bertz CT molecular complexity index is 267. The lowest BCUT2D eigenvalue weighted by molar-refractivity contribution is 0.452. The van der Waals surface area contributed by atoms with Gasteiger partial charge in [-0.25, -0.2) is 0 Å². The summed E-state index contributed by atoms with van der Waals surface area (Å²) in [6, 6.07) is 4.43. The lowest BCUT2D eigenvalue weighted by atomic mass is 9.88. The maximum absolute atomic E-state index is 8.78. The van der Waals surface area contributed by atoms with Gasteiger partial charge in [0.25, 0.3) is 0 Å². The predicted octanol–water partition coefficient (Wildman–Crippen LogP) is 3.23. The van der Waals surface area contributed by atoms with Gasteiger partial charge in [0.1, 0.15) is 0 Å². The van der Waals surface area contributed by atoms with Crippen LogP contribution >= 0.6 is 11.3 Å². The van der Waals surface area contributed by atoms with Crippen LogP contribution in [0.5, 0.6) is 0 Å². The van der Waals surface area contributed by atoms with Gasteiger partial charge >= 0.3 is 0 Å². The van der Waals surface area contributed by atoms with Gasteiger partial charge in [-0.15, -0.1) is 0 Å². The van der Waals surface area contributed by atoms with E-state index in [0.29, 0.717) is 0 Å². The normalized spacial score (nSPS) is 11.1. The van der Waals surface area contributed by atoms with E-state index in [1.54, 1.807) is 11.3 Å². The van der Waals surface area contributed by atoms with E-state index >= 15 is 0 Å². The summed E-state index contributed by atoms with van der Waals surface area (Å²) >= 11 is 1.71. The third-order valence-corrected chi connectivity index (χ3v) is 2.65. The van der Waals surface area contributed by atoms with Crippen molar-refractivity contribution in [2.45, 2.75) is 26.7 Å². The average Bonchev–Trinajstić information content (AvgIpc) is 2.53. The molecule has 0 saturated heterocycles. The standard InChI is InChI=1S/C10H13NS/c1-10(2,8-11)5-3-9-4-6-12-7-9/h4,6-7H,3,5H2,1-2H3. The van der Waals surface area contributed by atoms with Gasteiger partial charge in [0.05, 0.1) is 11.5 Å². The molecule has 1 heterocycles. The molecule has 0 amide bonds. The molecule has 0 aliphatic carbocycles. The van der Waals surface area contributed by atoms with Gasteiger partial charge in [-0.05, 0) is 49.1 Å². The Morgan fingerprint density at radius 3 is 2.83 bits per heavy atom. The zero-order chi connectivity index (χ0) is 9.03. The number of hydrogen-bond donors (Lipinski definition) is 0. The summed E-state index contributed by atoms with van der Waals surface area (Å²) in [5, 5.41) is 13.0. The minimum Gasteiger partial charge on any atom is -0.198 e. The molecule has 0 aliphatic heterocycles. The van der Waals surface area contributed by atoms with Crippen LogP contribution in [0.15, 0.2) is 16.8 Å². The zero-order valence-corrected chi connectivity index (χ0v) is 8.32. The Kier molecular flexibility index (Phi) is 2.88. The van der Waals surface area contributed by atoms with E-state index in [2.05, 4.69) is 22.9 Å². The first-order chi connectivity index (χ1) is 5.64. The van der Waals surface area contributed by atoms with Crippen LogP contribution in [-0.2, 0) is 6.42 Å².